The third-order valence-corrected chi connectivity index (χ3v) is 6.69. The maximum atomic E-state index is 13.6. The van der Waals surface area contributed by atoms with Gasteiger partial charge in [-0.1, -0.05) is 77.1 Å². The van der Waals surface area contributed by atoms with E-state index in [4.69, 9.17) is 9.47 Å². The van der Waals surface area contributed by atoms with Crippen molar-refractivity contribution in [1.29, 1.82) is 0 Å². The molecule has 204 valence electrons. The highest BCUT2D eigenvalue weighted by atomic mass is 16.5. The Kier molecular flexibility index (Phi) is 8.44. The molecule has 3 aromatic carbocycles. The summed E-state index contributed by atoms with van der Waals surface area (Å²) in [6.07, 6.45) is 1.68. The van der Waals surface area contributed by atoms with Crippen molar-refractivity contribution in [1.82, 2.24) is 0 Å². The molecule has 1 aliphatic rings. The maximum Gasteiger partial charge on any atom is 0.300 e. The molecule has 1 fully saturated rings. The molecule has 0 radical (unpaired) electrons. The molecule has 0 aromatic heterocycles. The summed E-state index contributed by atoms with van der Waals surface area (Å²) in [6.45, 7) is 11.5. The van der Waals surface area contributed by atoms with Gasteiger partial charge in [0.05, 0.1) is 24.8 Å². The Morgan fingerprint density at radius 2 is 1.44 bits per heavy atom. The minimum atomic E-state index is -0.819. The summed E-state index contributed by atoms with van der Waals surface area (Å²) in [5.74, 6) is -0.480. The van der Waals surface area contributed by atoms with Crippen LogP contribution in [0.15, 0.2) is 78.4 Å². The van der Waals surface area contributed by atoms with Gasteiger partial charge in [0.25, 0.3) is 11.7 Å². The molecule has 0 spiro atoms. The highest BCUT2D eigenvalue weighted by molar-refractivity contribution is 6.51. The number of aliphatic hydroxyl groups excluding tert-OH is 1. The van der Waals surface area contributed by atoms with Crippen LogP contribution in [0.1, 0.15) is 70.2 Å². The predicted molar refractivity (Wildman–Crippen MR) is 154 cm³/mol. The highest BCUT2D eigenvalue weighted by Crippen LogP contribution is 2.43. The number of hydrogen-bond acceptors (Lipinski definition) is 5. The number of ketones is 1. The summed E-state index contributed by atoms with van der Waals surface area (Å²) in [4.78, 5) is 28.6. The van der Waals surface area contributed by atoms with Gasteiger partial charge in [0.15, 0.2) is 0 Å². The van der Waals surface area contributed by atoms with Crippen LogP contribution in [-0.4, -0.2) is 30.0 Å². The predicted octanol–water partition coefficient (Wildman–Crippen LogP) is 7.19. The van der Waals surface area contributed by atoms with E-state index >= 15 is 0 Å². The van der Waals surface area contributed by atoms with Crippen molar-refractivity contribution < 1.29 is 24.2 Å². The molecule has 6 nitrogen and oxygen atoms in total. The molecule has 4 rings (SSSR count). The topological polar surface area (TPSA) is 76.1 Å². The number of benzene rings is 3. The van der Waals surface area contributed by atoms with Crippen LogP contribution < -0.4 is 14.4 Å². The number of carbonyl (C=O) groups excluding carboxylic acids is 2. The lowest BCUT2D eigenvalue weighted by Crippen LogP contribution is -2.29. The second kappa shape index (κ2) is 11.8. The van der Waals surface area contributed by atoms with Crippen LogP contribution >= 0.6 is 0 Å². The molecule has 6 heteroatoms. The number of hydrogen-bond donors (Lipinski definition) is 1. The average molecular weight is 528 g/mol. The fraction of sp³-hybridized carbons (Fsp3) is 0.333. The monoisotopic (exact) mass is 527 g/mol. The van der Waals surface area contributed by atoms with E-state index in [0.29, 0.717) is 36.0 Å². The van der Waals surface area contributed by atoms with Gasteiger partial charge < -0.3 is 14.6 Å². The van der Waals surface area contributed by atoms with Crippen LogP contribution in [0.3, 0.4) is 0 Å². The molecule has 39 heavy (non-hydrogen) atoms. The van der Waals surface area contributed by atoms with Crippen molar-refractivity contribution in [2.24, 2.45) is 0 Å². The van der Waals surface area contributed by atoms with Crippen LogP contribution in [-0.2, 0) is 15.0 Å². The number of aliphatic hydroxyl groups is 1. The first-order chi connectivity index (χ1) is 18.7. The van der Waals surface area contributed by atoms with Crippen molar-refractivity contribution in [2.45, 2.75) is 58.9 Å². The molecule has 1 amide bonds. The molecule has 1 heterocycles. The van der Waals surface area contributed by atoms with Gasteiger partial charge in [0.1, 0.15) is 17.3 Å². The quantitative estimate of drug-likeness (QED) is 0.181. The second-order valence-electron chi connectivity index (χ2n) is 10.8. The third kappa shape index (κ3) is 6.00. The number of nitrogens with zero attached hydrogens (tertiary/aromatic N) is 1. The number of rotatable bonds is 9. The molecule has 0 saturated carbocycles. The molecular weight excluding hydrogens is 490 g/mol. The van der Waals surface area contributed by atoms with Crippen LogP contribution in [0, 0.1) is 0 Å². The van der Waals surface area contributed by atoms with Crippen molar-refractivity contribution in [3.8, 4) is 11.5 Å². The second-order valence-corrected chi connectivity index (χ2v) is 10.8. The van der Waals surface area contributed by atoms with Crippen molar-refractivity contribution >= 4 is 23.1 Å². The van der Waals surface area contributed by atoms with E-state index in [2.05, 4.69) is 20.8 Å². The summed E-state index contributed by atoms with van der Waals surface area (Å²) < 4.78 is 11.5. The molecular formula is C33H37NO5. The van der Waals surface area contributed by atoms with Crippen LogP contribution in [0.2, 0.25) is 0 Å². The standard InChI is InChI=1S/C33H37NO5/c1-6-18-38-26-12-8-10-23(20-26)30(35)28-29(22-14-16-24(17-15-22)33(3,4)5)34(32(37)31(28)36)25-11-9-13-27(21-25)39-19-7-2/h8-17,20-21,29,35H,6-7,18-19H2,1-5H3/b30-28+. The number of Topliss-reactive ketones (excluding diaryl/α,β-unsaturated/α-hetero) is 1. The number of ether oxygens (including phenoxy) is 2. The van der Waals surface area contributed by atoms with Crippen molar-refractivity contribution in [3.05, 3.63) is 95.1 Å². The summed E-state index contributed by atoms with van der Waals surface area (Å²) in [7, 11) is 0. The van der Waals surface area contributed by atoms with E-state index in [-0.39, 0.29) is 16.7 Å². The lowest BCUT2D eigenvalue weighted by molar-refractivity contribution is -0.132. The average Bonchev–Trinajstić information content (AvgIpc) is 3.20. The molecule has 0 bridgehead atoms. The van der Waals surface area contributed by atoms with Gasteiger partial charge in [-0.2, -0.15) is 0 Å². The van der Waals surface area contributed by atoms with Gasteiger partial charge in [0, 0.05) is 17.3 Å². The van der Waals surface area contributed by atoms with Gasteiger partial charge in [-0.05, 0) is 53.6 Å². The minimum absolute atomic E-state index is 0.0380. The molecule has 3 aromatic rings. The highest BCUT2D eigenvalue weighted by Gasteiger charge is 2.47. The van der Waals surface area contributed by atoms with E-state index in [0.717, 1.165) is 24.0 Å². The molecule has 1 saturated heterocycles. The summed E-state index contributed by atoms with van der Waals surface area (Å²) in [6, 6.07) is 21.2. The van der Waals surface area contributed by atoms with Gasteiger partial charge in [0.2, 0.25) is 0 Å². The Labute approximate surface area is 230 Å². The lowest BCUT2D eigenvalue weighted by Gasteiger charge is -2.27. The lowest BCUT2D eigenvalue weighted by atomic mass is 9.85. The number of amides is 1. The Balaban J connectivity index is 1.87. The summed E-state index contributed by atoms with van der Waals surface area (Å²) >= 11 is 0. The zero-order chi connectivity index (χ0) is 28.2. The molecule has 1 N–H and O–H groups in total. The van der Waals surface area contributed by atoms with Gasteiger partial charge >= 0.3 is 0 Å². The van der Waals surface area contributed by atoms with E-state index in [9.17, 15) is 14.7 Å². The summed E-state index contributed by atoms with van der Waals surface area (Å²) in [5, 5.41) is 11.5. The van der Waals surface area contributed by atoms with E-state index in [1.807, 2.05) is 44.2 Å². The normalized spacial score (nSPS) is 16.9. The number of carbonyl (C=O) groups is 2. The zero-order valence-electron chi connectivity index (χ0n) is 23.4. The third-order valence-electron chi connectivity index (χ3n) is 6.69. The first-order valence-electron chi connectivity index (χ1n) is 13.5. The Morgan fingerprint density at radius 3 is 2.03 bits per heavy atom. The molecule has 1 aliphatic heterocycles. The molecule has 1 atom stereocenters. The fourth-order valence-corrected chi connectivity index (χ4v) is 4.63. The van der Waals surface area contributed by atoms with Crippen molar-refractivity contribution in [2.75, 3.05) is 18.1 Å². The maximum absolute atomic E-state index is 13.6. The first-order valence-corrected chi connectivity index (χ1v) is 13.5. The van der Waals surface area contributed by atoms with Gasteiger partial charge in [-0.15, -0.1) is 0 Å². The Bertz CT molecular complexity index is 1370. The smallest absolute Gasteiger partial charge is 0.300 e. The zero-order valence-corrected chi connectivity index (χ0v) is 23.4. The van der Waals surface area contributed by atoms with E-state index in [1.165, 1.54) is 4.90 Å². The fourth-order valence-electron chi connectivity index (χ4n) is 4.63. The van der Waals surface area contributed by atoms with Crippen molar-refractivity contribution in [3.63, 3.8) is 0 Å². The van der Waals surface area contributed by atoms with Crippen LogP contribution in [0.25, 0.3) is 5.76 Å². The first kappa shape index (κ1) is 28.0. The van der Waals surface area contributed by atoms with Gasteiger partial charge in [-0.3, -0.25) is 14.5 Å². The molecule has 1 unspecified atom stereocenters. The van der Waals surface area contributed by atoms with E-state index < -0.39 is 17.7 Å². The Hall–Kier alpha value is -4.06. The van der Waals surface area contributed by atoms with Crippen LogP contribution in [0.5, 0.6) is 11.5 Å². The Morgan fingerprint density at radius 1 is 0.846 bits per heavy atom. The molecule has 0 aliphatic carbocycles. The van der Waals surface area contributed by atoms with Gasteiger partial charge in [-0.25, -0.2) is 0 Å². The number of anilines is 1. The SMILES string of the molecule is CCCOc1cccc(/C(O)=C2\C(=O)C(=O)N(c3cccc(OCCC)c3)C2c2ccc(C(C)(C)C)cc2)c1. The largest absolute Gasteiger partial charge is 0.507 e. The van der Waals surface area contributed by atoms with E-state index in [1.54, 1.807) is 42.5 Å². The van der Waals surface area contributed by atoms with Crippen LogP contribution in [0.4, 0.5) is 5.69 Å². The minimum Gasteiger partial charge on any atom is -0.507 e. The summed E-state index contributed by atoms with van der Waals surface area (Å²) in [5.41, 5.74) is 2.76.